The Hall–Kier alpha value is -8.33. The van der Waals surface area contributed by atoms with Crippen molar-refractivity contribution >= 4 is 71.1 Å². The summed E-state index contributed by atoms with van der Waals surface area (Å²) in [5, 5.41) is 11.2. The molecule has 0 amide bonds. The summed E-state index contributed by atoms with van der Waals surface area (Å²) in [5.41, 5.74) is 16.1. The Labute approximate surface area is 371 Å². The first-order valence-electron chi connectivity index (χ1n) is 22.2. The van der Waals surface area contributed by atoms with Gasteiger partial charge in [-0.1, -0.05) is 188 Å². The highest BCUT2D eigenvalue weighted by Crippen LogP contribution is 2.64. The average Bonchev–Trinajstić information content (AvgIpc) is 3.66. The lowest BCUT2D eigenvalue weighted by atomic mass is 9.64. The quantitative estimate of drug-likeness (QED) is 0.165. The number of pyridine rings is 1. The summed E-state index contributed by atoms with van der Waals surface area (Å²) in [7, 11) is 0. The first-order chi connectivity index (χ1) is 31.8. The van der Waals surface area contributed by atoms with E-state index in [9.17, 15) is 0 Å². The molecule has 0 unspecified atom stereocenters. The summed E-state index contributed by atoms with van der Waals surface area (Å²) >= 11 is 0. The predicted octanol–water partition coefficient (Wildman–Crippen LogP) is 16.3. The third-order valence-corrected chi connectivity index (χ3v) is 14.2. The molecule has 1 spiro atoms. The lowest BCUT2D eigenvalue weighted by Gasteiger charge is -2.45. The third-order valence-electron chi connectivity index (χ3n) is 14.2. The molecule has 0 atom stereocenters. The van der Waals surface area contributed by atoms with Crippen LogP contribution in [0.4, 0.5) is 17.1 Å². The fraction of sp³-hybridized carbons (Fsp3) is 0.0161. The molecule has 0 saturated heterocycles. The average molecular weight is 811 g/mol. The summed E-state index contributed by atoms with van der Waals surface area (Å²) in [6, 6.07) is 85.3. The third kappa shape index (κ3) is 4.77. The number of para-hydroxylation sites is 3. The Balaban J connectivity index is 1.02. The van der Waals surface area contributed by atoms with Crippen molar-refractivity contribution in [3.63, 3.8) is 0 Å². The van der Waals surface area contributed by atoms with E-state index in [2.05, 4.69) is 235 Å². The minimum atomic E-state index is -0.539. The van der Waals surface area contributed by atoms with Crippen LogP contribution < -0.4 is 4.90 Å². The van der Waals surface area contributed by atoms with Crippen LogP contribution in [0.3, 0.4) is 0 Å². The number of rotatable bonds is 3. The fourth-order valence-corrected chi connectivity index (χ4v) is 11.5. The molecule has 14 rings (SSSR count). The number of fused-ring (bicyclic) bond motifs is 18. The summed E-state index contributed by atoms with van der Waals surface area (Å²) < 4.78 is 0. The highest BCUT2D eigenvalue weighted by molar-refractivity contribution is 6.26. The normalized spacial score (nSPS) is 13.4. The molecule has 1 aromatic heterocycles. The van der Waals surface area contributed by atoms with Gasteiger partial charge in [0, 0.05) is 22.0 Å². The molecule has 2 heteroatoms. The molecular formula is C62H38N2. The highest BCUT2D eigenvalue weighted by Gasteiger charge is 2.51. The van der Waals surface area contributed by atoms with Gasteiger partial charge in [-0.15, -0.1) is 0 Å². The molecule has 2 heterocycles. The van der Waals surface area contributed by atoms with Gasteiger partial charge >= 0.3 is 0 Å². The standard InChI is InChI=1S/C62H38N2/c1-2-16-42(17-3-1)64-59-29-15-13-27-56(59)62(54-25-11-8-22-48(54)49-23-9-12-26-55(49)62)57-37-52-50-24-10-14-28-58(50)63-61(53(52)38-60(57)64)40-32-30-39(31-33-40)41-34-35-47-45-20-5-4-18-43(45)44-19-6-7-21-46(44)51(47)36-41/h1-38H. The Morgan fingerprint density at radius 3 is 1.48 bits per heavy atom. The van der Waals surface area contributed by atoms with Crippen LogP contribution in [0, 0.1) is 0 Å². The smallest absolute Gasteiger partial charge is 0.0788 e. The van der Waals surface area contributed by atoms with E-state index < -0.39 is 5.41 Å². The van der Waals surface area contributed by atoms with Gasteiger partial charge in [-0.2, -0.15) is 0 Å². The maximum absolute atomic E-state index is 5.51. The van der Waals surface area contributed by atoms with Crippen LogP contribution in [-0.2, 0) is 5.41 Å². The number of nitrogens with zero attached hydrogens (tertiary/aromatic N) is 2. The van der Waals surface area contributed by atoms with Gasteiger partial charge in [0.2, 0.25) is 0 Å². The van der Waals surface area contributed by atoms with Crippen molar-refractivity contribution in [3.05, 3.63) is 253 Å². The van der Waals surface area contributed by atoms with Crippen molar-refractivity contribution in [2.75, 3.05) is 4.90 Å². The van der Waals surface area contributed by atoms with E-state index in [1.54, 1.807) is 0 Å². The van der Waals surface area contributed by atoms with Crippen molar-refractivity contribution in [1.82, 2.24) is 4.98 Å². The molecule has 296 valence electrons. The molecule has 0 bridgehead atoms. The van der Waals surface area contributed by atoms with E-state index in [1.165, 1.54) is 87.9 Å². The lowest BCUT2D eigenvalue weighted by molar-refractivity contribution is 0.754. The Bertz CT molecular complexity index is 3820. The van der Waals surface area contributed by atoms with E-state index in [0.717, 1.165) is 38.9 Å². The van der Waals surface area contributed by atoms with Crippen LogP contribution in [0.15, 0.2) is 231 Å². The van der Waals surface area contributed by atoms with Crippen LogP contribution in [0.1, 0.15) is 22.3 Å². The van der Waals surface area contributed by atoms with Crippen molar-refractivity contribution in [2.24, 2.45) is 0 Å². The van der Waals surface area contributed by atoms with Crippen LogP contribution in [-0.4, -0.2) is 4.98 Å². The van der Waals surface area contributed by atoms with Crippen molar-refractivity contribution < 1.29 is 0 Å². The minimum absolute atomic E-state index is 0.539. The van der Waals surface area contributed by atoms with Gasteiger partial charge < -0.3 is 4.90 Å². The Morgan fingerprint density at radius 1 is 0.297 bits per heavy atom. The molecule has 0 radical (unpaired) electrons. The topological polar surface area (TPSA) is 16.1 Å². The van der Waals surface area contributed by atoms with E-state index in [0.29, 0.717) is 0 Å². The molecule has 12 aromatic rings. The van der Waals surface area contributed by atoms with Gasteiger partial charge in [-0.3, -0.25) is 0 Å². The van der Waals surface area contributed by atoms with Crippen molar-refractivity contribution in [2.45, 2.75) is 5.41 Å². The Kier molecular flexibility index (Phi) is 7.35. The van der Waals surface area contributed by atoms with Gasteiger partial charge in [0.1, 0.15) is 0 Å². The number of hydrogen-bond donors (Lipinski definition) is 0. The van der Waals surface area contributed by atoms with Gasteiger partial charge in [0.05, 0.1) is 28.0 Å². The zero-order chi connectivity index (χ0) is 41.9. The highest BCUT2D eigenvalue weighted by atomic mass is 15.2. The molecule has 2 aliphatic rings. The second kappa shape index (κ2) is 13.3. The van der Waals surface area contributed by atoms with Gasteiger partial charge in [0.15, 0.2) is 0 Å². The van der Waals surface area contributed by atoms with E-state index >= 15 is 0 Å². The molecule has 1 aliphatic carbocycles. The summed E-state index contributed by atoms with van der Waals surface area (Å²) in [5.74, 6) is 0. The molecular weight excluding hydrogens is 773 g/mol. The number of hydrogen-bond acceptors (Lipinski definition) is 2. The first kappa shape index (κ1) is 35.3. The molecule has 0 N–H and O–H groups in total. The van der Waals surface area contributed by atoms with Crippen LogP contribution in [0.5, 0.6) is 0 Å². The molecule has 1 aliphatic heterocycles. The van der Waals surface area contributed by atoms with E-state index in [1.807, 2.05) is 0 Å². The lowest BCUT2D eigenvalue weighted by Crippen LogP contribution is -2.36. The Morgan fingerprint density at radius 2 is 0.797 bits per heavy atom. The van der Waals surface area contributed by atoms with Gasteiger partial charge in [-0.25, -0.2) is 4.98 Å². The second-order valence-electron chi connectivity index (χ2n) is 17.4. The summed E-state index contributed by atoms with van der Waals surface area (Å²) in [4.78, 5) is 7.99. The summed E-state index contributed by atoms with van der Waals surface area (Å²) in [6.45, 7) is 0. The zero-order valence-corrected chi connectivity index (χ0v) is 34.8. The largest absolute Gasteiger partial charge is 0.310 e. The van der Waals surface area contributed by atoms with Crippen LogP contribution >= 0.6 is 0 Å². The number of benzene rings is 11. The van der Waals surface area contributed by atoms with Crippen molar-refractivity contribution in [3.8, 4) is 33.5 Å². The summed E-state index contributed by atoms with van der Waals surface area (Å²) in [6.07, 6.45) is 0. The number of anilines is 3. The molecule has 0 fully saturated rings. The zero-order valence-electron chi connectivity index (χ0n) is 34.8. The van der Waals surface area contributed by atoms with Crippen LogP contribution in [0.2, 0.25) is 0 Å². The van der Waals surface area contributed by atoms with E-state index in [-0.39, 0.29) is 0 Å². The first-order valence-corrected chi connectivity index (χ1v) is 22.2. The fourth-order valence-electron chi connectivity index (χ4n) is 11.5. The number of aromatic nitrogens is 1. The second-order valence-corrected chi connectivity index (χ2v) is 17.4. The van der Waals surface area contributed by atoms with Crippen LogP contribution in [0.25, 0.3) is 87.5 Å². The van der Waals surface area contributed by atoms with Gasteiger partial charge in [-0.05, 0) is 125 Å². The maximum Gasteiger partial charge on any atom is 0.0788 e. The minimum Gasteiger partial charge on any atom is -0.310 e. The monoisotopic (exact) mass is 810 g/mol. The molecule has 64 heavy (non-hydrogen) atoms. The SMILES string of the molecule is c1ccc(N2c3ccccc3C3(c4ccccc4-c4ccccc43)c3cc4c(cc32)c(-c2ccc(-c3ccc5c6ccccc6c6ccccc6c5c3)cc2)nc2ccccc24)cc1. The molecule has 0 saturated carbocycles. The molecule has 2 nitrogen and oxygen atoms in total. The molecule has 11 aromatic carbocycles. The van der Waals surface area contributed by atoms with E-state index in [4.69, 9.17) is 4.98 Å². The van der Waals surface area contributed by atoms with Crippen molar-refractivity contribution in [1.29, 1.82) is 0 Å². The van der Waals surface area contributed by atoms with Gasteiger partial charge in [0.25, 0.3) is 0 Å². The maximum atomic E-state index is 5.51. The predicted molar refractivity (Wildman–Crippen MR) is 268 cm³/mol.